The molecule has 1 saturated heterocycles. The zero-order chi connectivity index (χ0) is 10.6. The molecule has 0 saturated carbocycles. The predicted octanol–water partition coefficient (Wildman–Crippen LogP) is 0.694. The molecule has 1 rings (SSSR count). The van der Waals surface area contributed by atoms with E-state index in [2.05, 4.69) is 11.8 Å². The lowest BCUT2D eigenvalue weighted by molar-refractivity contribution is 0.148. The molecule has 1 aliphatic rings. The van der Waals surface area contributed by atoms with Crippen molar-refractivity contribution in [3.8, 4) is 11.8 Å². The van der Waals surface area contributed by atoms with Crippen LogP contribution in [0.2, 0.25) is 0 Å². The first-order valence-electron chi connectivity index (χ1n) is 4.74. The van der Waals surface area contributed by atoms with Crippen LogP contribution in [0.3, 0.4) is 0 Å². The van der Waals surface area contributed by atoms with Crippen LogP contribution in [0.5, 0.6) is 0 Å². The number of likely N-dealkylation sites (tertiary alicyclic amines) is 1. The van der Waals surface area contributed by atoms with Crippen LogP contribution in [0.4, 0.5) is 4.79 Å². The van der Waals surface area contributed by atoms with Gasteiger partial charge in [0, 0.05) is 6.54 Å². The van der Waals surface area contributed by atoms with Crippen molar-refractivity contribution in [1.29, 1.82) is 0 Å². The van der Waals surface area contributed by atoms with Crippen molar-refractivity contribution >= 4 is 6.09 Å². The van der Waals surface area contributed by atoms with E-state index in [0.29, 0.717) is 13.1 Å². The number of amides is 1. The Morgan fingerprint density at radius 3 is 2.93 bits per heavy atom. The van der Waals surface area contributed by atoms with Gasteiger partial charge in [0.15, 0.2) is 0 Å². The summed E-state index contributed by atoms with van der Waals surface area (Å²) in [6, 6.07) is -0.0903. The smallest absolute Gasteiger partial charge is 0.408 e. The maximum absolute atomic E-state index is 10.8. The molecule has 4 heteroatoms. The van der Waals surface area contributed by atoms with E-state index in [1.54, 1.807) is 0 Å². The first kappa shape index (κ1) is 10.9. The summed E-state index contributed by atoms with van der Waals surface area (Å²) in [7, 11) is 3.89. The van der Waals surface area contributed by atoms with Gasteiger partial charge >= 0.3 is 6.09 Å². The fraction of sp³-hybridized carbons (Fsp3) is 0.700. The molecule has 1 fully saturated rings. The zero-order valence-corrected chi connectivity index (χ0v) is 8.66. The molecule has 0 bridgehead atoms. The maximum atomic E-state index is 10.8. The molecule has 4 nitrogen and oxygen atoms in total. The summed E-state index contributed by atoms with van der Waals surface area (Å²) in [5.41, 5.74) is 0. The van der Waals surface area contributed by atoms with Crippen molar-refractivity contribution in [2.75, 3.05) is 27.2 Å². The van der Waals surface area contributed by atoms with Crippen molar-refractivity contribution in [2.24, 2.45) is 0 Å². The Balaban J connectivity index is 2.49. The third-order valence-corrected chi connectivity index (χ3v) is 2.16. The van der Waals surface area contributed by atoms with Gasteiger partial charge in [-0.05, 0) is 26.9 Å². The number of carbonyl (C=O) groups is 1. The molecule has 1 N–H and O–H groups in total. The quantitative estimate of drug-likeness (QED) is 0.628. The molecular formula is C10H16N2O2. The Labute approximate surface area is 84.5 Å². The molecular weight excluding hydrogens is 180 g/mol. The van der Waals surface area contributed by atoms with Crippen molar-refractivity contribution in [3.05, 3.63) is 0 Å². The number of carboxylic acid groups (broad SMARTS) is 1. The molecule has 1 heterocycles. The summed E-state index contributed by atoms with van der Waals surface area (Å²) in [5, 5.41) is 8.84. The summed E-state index contributed by atoms with van der Waals surface area (Å²) in [5.74, 6) is 5.98. The molecule has 78 valence electrons. The van der Waals surface area contributed by atoms with Crippen LogP contribution in [0.15, 0.2) is 0 Å². The normalized spacial score (nSPS) is 20.8. The van der Waals surface area contributed by atoms with E-state index in [0.717, 1.165) is 12.8 Å². The van der Waals surface area contributed by atoms with E-state index in [-0.39, 0.29) is 6.04 Å². The average Bonchev–Trinajstić information content (AvgIpc) is 2.51. The molecule has 1 atom stereocenters. The van der Waals surface area contributed by atoms with Crippen LogP contribution in [0, 0.1) is 11.8 Å². The third-order valence-electron chi connectivity index (χ3n) is 2.16. The Kier molecular flexibility index (Phi) is 3.78. The van der Waals surface area contributed by atoms with Gasteiger partial charge in [-0.3, -0.25) is 9.80 Å². The number of rotatable bonds is 1. The van der Waals surface area contributed by atoms with Gasteiger partial charge in [-0.25, -0.2) is 4.79 Å². The minimum Gasteiger partial charge on any atom is -0.465 e. The van der Waals surface area contributed by atoms with E-state index in [1.165, 1.54) is 4.90 Å². The Morgan fingerprint density at radius 1 is 1.64 bits per heavy atom. The fourth-order valence-electron chi connectivity index (χ4n) is 1.47. The topological polar surface area (TPSA) is 43.8 Å². The fourth-order valence-corrected chi connectivity index (χ4v) is 1.47. The SMILES string of the molecule is CN(C)CC#CC1CCCN1C(=O)O. The van der Waals surface area contributed by atoms with Crippen LogP contribution in [-0.2, 0) is 0 Å². The van der Waals surface area contributed by atoms with Gasteiger partial charge in [0.05, 0.1) is 12.6 Å². The van der Waals surface area contributed by atoms with E-state index in [9.17, 15) is 4.79 Å². The highest BCUT2D eigenvalue weighted by molar-refractivity contribution is 5.66. The summed E-state index contributed by atoms with van der Waals surface area (Å²) < 4.78 is 0. The van der Waals surface area contributed by atoms with E-state index in [1.807, 2.05) is 19.0 Å². The van der Waals surface area contributed by atoms with Crippen molar-refractivity contribution in [1.82, 2.24) is 9.80 Å². The van der Waals surface area contributed by atoms with Crippen LogP contribution >= 0.6 is 0 Å². The van der Waals surface area contributed by atoms with Gasteiger partial charge < -0.3 is 5.11 Å². The highest BCUT2D eigenvalue weighted by Gasteiger charge is 2.26. The minimum absolute atomic E-state index is 0.0903. The Hall–Kier alpha value is -1.21. The molecule has 0 aromatic carbocycles. The summed E-state index contributed by atoms with van der Waals surface area (Å²) >= 11 is 0. The third kappa shape index (κ3) is 2.93. The molecule has 1 aliphatic heterocycles. The van der Waals surface area contributed by atoms with E-state index in [4.69, 9.17) is 5.11 Å². The lowest BCUT2D eigenvalue weighted by atomic mass is 10.2. The summed E-state index contributed by atoms with van der Waals surface area (Å²) in [6.45, 7) is 1.31. The second-order valence-electron chi connectivity index (χ2n) is 3.69. The highest BCUT2D eigenvalue weighted by Crippen LogP contribution is 2.15. The number of hydrogen-bond acceptors (Lipinski definition) is 2. The van der Waals surface area contributed by atoms with E-state index < -0.39 is 6.09 Å². The van der Waals surface area contributed by atoms with E-state index >= 15 is 0 Å². The van der Waals surface area contributed by atoms with Crippen LogP contribution < -0.4 is 0 Å². The van der Waals surface area contributed by atoms with Gasteiger partial charge in [0.25, 0.3) is 0 Å². The molecule has 0 aromatic rings. The summed E-state index contributed by atoms with van der Waals surface area (Å²) in [4.78, 5) is 14.1. The molecule has 0 aromatic heterocycles. The van der Waals surface area contributed by atoms with Crippen LogP contribution in [0.25, 0.3) is 0 Å². The molecule has 1 unspecified atom stereocenters. The Bertz CT molecular complexity index is 265. The van der Waals surface area contributed by atoms with Gasteiger partial charge in [-0.1, -0.05) is 11.8 Å². The Morgan fingerprint density at radius 2 is 2.36 bits per heavy atom. The molecule has 14 heavy (non-hydrogen) atoms. The van der Waals surface area contributed by atoms with Gasteiger partial charge in [-0.15, -0.1) is 0 Å². The maximum Gasteiger partial charge on any atom is 0.408 e. The van der Waals surface area contributed by atoms with Crippen molar-refractivity contribution in [3.63, 3.8) is 0 Å². The van der Waals surface area contributed by atoms with Gasteiger partial charge in [0.1, 0.15) is 0 Å². The standard InChI is InChI=1S/C10H16N2O2/c1-11(2)7-3-5-9-6-4-8-12(9)10(13)14/h9H,4,6-8H2,1-2H3,(H,13,14). The molecule has 0 spiro atoms. The number of nitrogens with zero attached hydrogens (tertiary/aromatic N) is 2. The lowest BCUT2D eigenvalue weighted by Crippen LogP contribution is -2.33. The van der Waals surface area contributed by atoms with Crippen molar-refractivity contribution < 1.29 is 9.90 Å². The first-order valence-corrected chi connectivity index (χ1v) is 4.74. The predicted molar refractivity (Wildman–Crippen MR) is 54.1 cm³/mol. The second-order valence-corrected chi connectivity index (χ2v) is 3.69. The van der Waals surface area contributed by atoms with Crippen molar-refractivity contribution in [2.45, 2.75) is 18.9 Å². The largest absolute Gasteiger partial charge is 0.465 e. The summed E-state index contributed by atoms with van der Waals surface area (Å²) in [6.07, 6.45) is 0.937. The van der Waals surface area contributed by atoms with Crippen LogP contribution in [0.1, 0.15) is 12.8 Å². The average molecular weight is 196 g/mol. The minimum atomic E-state index is -0.855. The van der Waals surface area contributed by atoms with Crippen LogP contribution in [-0.4, -0.2) is 54.2 Å². The van der Waals surface area contributed by atoms with Gasteiger partial charge in [0.2, 0.25) is 0 Å². The molecule has 0 radical (unpaired) electrons. The zero-order valence-electron chi connectivity index (χ0n) is 8.66. The molecule has 1 amide bonds. The van der Waals surface area contributed by atoms with Gasteiger partial charge in [-0.2, -0.15) is 0 Å². The lowest BCUT2D eigenvalue weighted by Gasteiger charge is -2.15. The monoisotopic (exact) mass is 196 g/mol. The first-order chi connectivity index (χ1) is 6.61. The highest BCUT2D eigenvalue weighted by atomic mass is 16.4. The number of hydrogen-bond donors (Lipinski definition) is 1. The second kappa shape index (κ2) is 4.87. The molecule has 0 aliphatic carbocycles.